The fourth-order valence-corrected chi connectivity index (χ4v) is 1.27. The van der Waals surface area contributed by atoms with Crippen molar-refractivity contribution in [2.45, 2.75) is 50.1 Å². The van der Waals surface area contributed by atoms with Gasteiger partial charge in [0.05, 0.1) is 13.2 Å². The third-order valence-corrected chi connectivity index (χ3v) is 3.34. The molecular weight excluding hydrogens is 288 g/mol. The number of aliphatic hydroxyl groups excluding tert-OH is 2. The van der Waals surface area contributed by atoms with Gasteiger partial charge in [0.15, 0.2) is 0 Å². The Labute approximate surface area is 121 Å². The first kappa shape index (κ1) is 19.9. The third-order valence-electron chi connectivity index (χ3n) is 3.34. The zero-order chi connectivity index (χ0) is 17.3. The Hall–Kier alpha value is -1.10. The summed E-state index contributed by atoms with van der Waals surface area (Å²) >= 11 is 0. The molecular formula is C12H22O9. The van der Waals surface area contributed by atoms with Gasteiger partial charge in [0.2, 0.25) is 11.2 Å². The molecule has 0 aliphatic heterocycles. The molecule has 0 rings (SSSR count). The molecule has 9 heteroatoms. The number of aliphatic hydroxyl groups is 6. The number of hydrogen-bond acceptors (Lipinski definition) is 9. The molecule has 0 spiro atoms. The number of rotatable bonds is 6. The number of hydrogen-bond donors (Lipinski definition) is 6. The SMILES string of the molecule is CC(C)(O)C(O)(CO)C(=O)OC(=O)C(O)(CO)C(C)(C)O. The molecule has 0 aromatic heterocycles. The molecule has 0 bridgehead atoms. The Bertz CT molecular complexity index is 368. The average Bonchev–Trinajstić information content (AvgIpc) is 2.33. The van der Waals surface area contributed by atoms with Crippen molar-refractivity contribution in [3.63, 3.8) is 0 Å². The molecule has 0 aromatic rings. The van der Waals surface area contributed by atoms with Gasteiger partial charge in [-0.05, 0) is 27.7 Å². The molecule has 0 radical (unpaired) electrons. The molecule has 21 heavy (non-hydrogen) atoms. The van der Waals surface area contributed by atoms with Gasteiger partial charge in [-0.25, -0.2) is 9.59 Å². The molecule has 0 aliphatic rings. The van der Waals surface area contributed by atoms with Crippen LogP contribution in [0, 0.1) is 0 Å². The Morgan fingerprint density at radius 1 is 0.762 bits per heavy atom. The third kappa shape index (κ3) is 3.57. The van der Waals surface area contributed by atoms with Gasteiger partial charge in [-0.15, -0.1) is 0 Å². The van der Waals surface area contributed by atoms with Gasteiger partial charge in [-0.3, -0.25) is 0 Å². The number of ether oxygens (including phenoxy) is 1. The second kappa shape index (κ2) is 5.95. The van der Waals surface area contributed by atoms with Gasteiger partial charge in [-0.1, -0.05) is 0 Å². The van der Waals surface area contributed by atoms with Crippen LogP contribution in [-0.2, 0) is 14.3 Å². The summed E-state index contributed by atoms with van der Waals surface area (Å²) in [5, 5.41) is 57.2. The molecule has 0 aliphatic carbocycles. The monoisotopic (exact) mass is 310 g/mol. The number of carbonyl (C=O) groups excluding carboxylic acids is 2. The Kier molecular flexibility index (Phi) is 5.64. The van der Waals surface area contributed by atoms with Crippen LogP contribution in [-0.4, -0.2) is 78.2 Å². The van der Waals surface area contributed by atoms with E-state index in [4.69, 9.17) is 10.2 Å². The van der Waals surface area contributed by atoms with E-state index in [1.165, 1.54) is 0 Å². The fourth-order valence-electron chi connectivity index (χ4n) is 1.27. The van der Waals surface area contributed by atoms with Crippen molar-refractivity contribution in [2.75, 3.05) is 13.2 Å². The molecule has 9 nitrogen and oxygen atoms in total. The standard InChI is InChI=1S/C12H22O9/c1-9(2,17)11(19,5-13)7(15)21-8(16)12(20,6-14)10(3,4)18/h13-14,17-20H,5-6H2,1-4H3. The Morgan fingerprint density at radius 3 is 1.14 bits per heavy atom. The van der Waals surface area contributed by atoms with Crippen LogP contribution in [0.1, 0.15) is 27.7 Å². The van der Waals surface area contributed by atoms with Crippen LogP contribution in [0.15, 0.2) is 0 Å². The van der Waals surface area contributed by atoms with E-state index in [-0.39, 0.29) is 0 Å². The molecule has 0 amide bonds. The highest BCUT2D eigenvalue weighted by Gasteiger charge is 2.55. The maximum absolute atomic E-state index is 11.8. The second-order valence-electron chi connectivity index (χ2n) is 5.83. The highest BCUT2D eigenvalue weighted by Crippen LogP contribution is 2.27. The van der Waals surface area contributed by atoms with Crippen molar-refractivity contribution >= 4 is 11.9 Å². The predicted octanol–water partition coefficient (Wildman–Crippen LogP) is -2.96. The normalized spacial score (nSPS) is 18.6. The summed E-state index contributed by atoms with van der Waals surface area (Å²) in [5.41, 5.74) is -9.99. The molecule has 2 atom stereocenters. The first-order chi connectivity index (χ1) is 9.17. The average molecular weight is 310 g/mol. The van der Waals surface area contributed by atoms with Crippen LogP contribution in [0.4, 0.5) is 0 Å². The van der Waals surface area contributed by atoms with Gasteiger partial charge in [0.25, 0.3) is 0 Å². The number of carbonyl (C=O) groups is 2. The van der Waals surface area contributed by atoms with Crippen molar-refractivity contribution in [3.8, 4) is 0 Å². The lowest BCUT2D eigenvalue weighted by molar-refractivity contribution is -0.218. The van der Waals surface area contributed by atoms with E-state index in [0.29, 0.717) is 0 Å². The summed E-state index contributed by atoms with van der Waals surface area (Å²) in [6, 6.07) is 0. The highest BCUT2D eigenvalue weighted by atomic mass is 16.6. The van der Waals surface area contributed by atoms with Crippen LogP contribution in [0.25, 0.3) is 0 Å². The molecule has 6 N–H and O–H groups in total. The molecule has 0 fully saturated rings. The van der Waals surface area contributed by atoms with Crippen LogP contribution in [0.2, 0.25) is 0 Å². The molecule has 0 aromatic carbocycles. The summed E-state index contributed by atoms with van der Waals surface area (Å²) in [7, 11) is 0. The zero-order valence-corrected chi connectivity index (χ0v) is 12.3. The van der Waals surface area contributed by atoms with Crippen LogP contribution in [0.3, 0.4) is 0 Å². The summed E-state index contributed by atoms with van der Waals surface area (Å²) in [5.74, 6) is -3.47. The van der Waals surface area contributed by atoms with E-state index < -0.39 is 47.6 Å². The maximum atomic E-state index is 11.8. The minimum Gasteiger partial charge on any atom is -0.393 e. The van der Waals surface area contributed by atoms with Gasteiger partial charge < -0.3 is 35.4 Å². The minimum absolute atomic E-state index is 0.989. The predicted molar refractivity (Wildman–Crippen MR) is 67.8 cm³/mol. The minimum atomic E-state index is -2.83. The molecule has 124 valence electrons. The molecule has 0 saturated carbocycles. The van der Waals surface area contributed by atoms with Crippen molar-refractivity contribution < 1.29 is 45.0 Å². The van der Waals surface area contributed by atoms with Crippen LogP contribution < -0.4 is 0 Å². The fraction of sp³-hybridized carbons (Fsp3) is 0.833. The van der Waals surface area contributed by atoms with Gasteiger partial charge >= 0.3 is 11.9 Å². The topological polar surface area (TPSA) is 165 Å². The van der Waals surface area contributed by atoms with E-state index in [9.17, 15) is 30.0 Å². The largest absolute Gasteiger partial charge is 0.393 e. The lowest BCUT2D eigenvalue weighted by Gasteiger charge is -2.37. The van der Waals surface area contributed by atoms with E-state index >= 15 is 0 Å². The van der Waals surface area contributed by atoms with Crippen molar-refractivity contribution in [3.05, 3.63) is 0 Å². The number of esters is 2. The van der Waals surface area contributed by atoms with E-state index in [1.54, 1.807) is 0 Å². The highest BCUT2D eigenvalue weighted by molar-refractivity contribution is 5.95. The van der Waals surface area contributed by atoms with E-state index in [0.717, 1.165) is 27.7 Å². The van der Waals surface area contributed by atoms with E-state index in [1.807, 2.05) is 0 Å². The van der Waals surface area contributed by atoms with E-state index in [2.05, 4.69) is 4.74 Å². The zero-order valence-electron chi connectivity index (χ0n) is 12.3. The summed E-state index contributed by atoms with van der Waals surface area (Å²) < 4.78 is 4.20. The first-order valence-electron chi connectivity index (χ1n) is 6.05. The second-order valence-corrected chi connectivity index (χ2v) is 5.83. The lowest BCUT2D eigenvalue weighted by Crippen LogP contribution is -2.63. The summed E-state index contributed by atoms with van der Waals surface area (Å²) in [4.78, 5) is 23.5. The molecule has 0 heterocycles. The quantitative estimate of drug-likeness (QED) is 0.222. The van der Waals surface area contributed by atoms with Gasteiger partial charge in [0, 0.05) is 0 Å². The smallest absolute Gasteiger partial charge is 0.351 e. The van der Waals surface area contributed by atoms with Crippen LogP contribution >= 0.6 is 0 Å². The van der Waals surface area contributed by atoms with Crippen molar-refractivity contribution in [1.29, 1.82) is 0 Å². The Morgan fingerprint density at radius 2 is 1.00 bits per heavy atom. The Balaban J connectivity index is 5.40. The van der Waals surface area contributed by atoms with Crippen molar-refractivity contribution in [1.82, 2.24) is 0 Å². The molecule has 0 saturated heterocycles. The van der Waals surface area contributed by atoms with Crippen molar-refractivity contribution in [2.24, 2.45) is 0 Å². The summed E-state index contributed by atoms with van der Waals surface area (Å²) in [6.07, 6.45) is 0. The lowest BCUT2D eigenvalue weighted by atomic mass is 9.85. The first-order valence-corrected chi connectivity index (χ1v) is 6.05. The van der Waals surface area contributed by atoms with Gasteiger partial charge in [0.1, 0.15) is 11.2 Å². The maximum Gasteiger partial charge on any atom is 0.351 e. The van der Waals surface area contributed by atoms with Gasteiger partial charge in [-0.2, -0.15) is 0 Å². The summed E-state index contributed by atoms with van der Waals surface area (Å²) in [6.45, 7) is 1.43. The van der Waals surface area contributed by atoms with Crippen LogP contribution in [0.5, 0.6) is 0 Å². The molecule has 2 unspecified atom stereocenters.